The number of nitrogens with two attached hydrogens (primary N) is 1. The third kappa shape index (κ3) is 2.70. The van der Waals surface area contributed by atoms with Gasteiger partial charge in [0.2, 0.25) is 0 Å². The normalized spacial score (nSPS) is 16.1. The van der Waals surface area contributed by atoms with Crippen molar-refractivity contribution in [2.75, 3.05) is 7.11 Å². The maximum atomic E-state index is 13.6. The van der Waals surface area contributed by atoms with Crippen LogP contribution in [0.2, 0.25) is 0 Å². The number of hydrogen-bond acceptors (Lipinski definition) is 2. The lowest BCUT2D eigenvalue weighted by atomic mass is 10.1. The Labute approximate surface area is 118 Å². The molecule has 1 aromatic carbocycles. The molecule has 1 aliphatic rings. The average molecular weight is 274 g/mol. The first-order valence-electron chi connectivity index (χ1n) is 6.91. The van der Waals surface area contributed by atoms with Crippen molar-refractivity contribution in [1.29, 1.82) is 0 Å². The van der Waals surface area contributed by atoms with Crippen molar-refractivity contribution >= 4 is 0 Å². The fourth-order valence-corrected chi connectivity index (χ4v) is 2.50. The van der Waals surface area contributed by atoms with Crippen LogP contribution in [0.4, 0.5) is 4.39 Å². The molecule has 1 atom stereocenters. The summed E-state index contributed by atoms with van der Waals surface area (Å²) in [5.74, 6) is 0.592. The smallest absolute Gasteiger partial charge is 0.165 e. The van der Waals surface area contributed by atoms with E-state index in [4.69, 9.17) is 10.5 Å². The summed E-state index contributed by atoms with van der Waals surface area (Å²) in [6.07, 6.45) is 6.52. The zero-order valence-electron chi connectivity index (χ0n) is 11.6. The second kappa shape index (κ2) is 5.29. The molecular weight excluding hydrogens is 255 g/mol. The van der Waals surface area contributed by atoms with Crippen molar-refractivity contribution in [3.63, 3.8) is 0 Å². The molecule has 0 spiro atoms. The van der Waals surface area contributed by atoms with E-state index in [1.54, 1.807) is 6.07 Å². The Morgan fingerprint density at radius 3 is 2.85 bits per heavy atom. The van der Waals surface area contributed by atoms with Crippen LogP contribution in [0, 0.1) is 11.7 Å². The first kappa shape index (κ1) is 13.2. The highest BCUT2D eigenvalue weighted by atomic mass is 19.1. The van der Waals surface area contributed by atoms with Gasteiger partial charge in [0.25, 0.3) is 0 Å². The van der Waals surface area contributed by atoms with Crippen molar-refractivity contribution in [3.05, 3.63) is 53.6 Å². The molecule has 0 bridgehead atoms. The van der Waals surface area contributed by atoms with Gasteiger partial charge in [-0.3, -0.25) is 0 Å². The van der Waals surface area contributed by atoms with E-state index in [1.165, 1.54) is 31.6 Å². The summed E-state index contributed by atoms with van der Waals surface area (Å²) in [6, 6.07) is 7.25. The van der Waals surface area contributed by atoms with Gasteiger partial charge in [-0.25, -0.2) is 4.39 Å². The van der Waals surface area contributed by atoms with Gasteiger partial charge in [-0.15, -0.1) is 0 Å². The number of aromatic nitrogens is 1. The van der Waals surface area contributed by atoms with E-state index in [1.807, 2.05) is 16.8 Å². The van der Waals surface area contributed by atoms with Crippen LogP contribution >= 0.6 is 0 Å². The zero-order valence-corrected chi connectivity index (χ0v) is 11.6. The molecule has 3 nitrogen and oxygen atoms in total. The number of ether oxygens (including phenoxy) is 1. The van der Waals surface area contributed by atoms with Crippen molar-refractivity contribution in [1.82, 2.24) is 4.57 Å². The van der Waals surface area contributed by atoms with E-state index in [0.29, 0.717) is 12.5 Å². The third-order valence-electron chi connectivity index (χ3n) is 3.87. The quantitative estimate of drug-likeness (QED) is 0.910. The van der Waals surface area contributed by atoms with Crippen molar-refractivity contribution in [2.45, 2.75) is 25.4 Å². The Morgan fingerprint density at radius 2 is 2.20 bits per heavy atom. The standard InChI is InChI=1S/C16H19FN2O/c1-20-15-5-2-11(8-14(15)17)9-19-7-6-13(10-19)16(18)12-3-4-12/h2,5-8,10,12,16H,3-4,9,18H2,1H3. The molecule has 20 heavy (non-hydrogen) atoms. The van der Waals surface area contributed by atoms with Crippen LogP contribution in [-0.2, 0) is 6.54 Å². The number of rotatable bonds is 5. The molecule has 0 saturated heterocycles. The summed E-state index contributed by atoms with van der Waals surface area (Å²) < 4.78 is 20.6. The van der Waals surface area contributed by atoms with E-state index in [-0.39, 0.29) is 17.6 Å². The van der Waals surface area contributed by atoms with Gasteiger partial charge in [0.05, 0.1) is 7.11 Å². The molecular formula is C16H19FN2O. The highest BCUT2D eigenvalue weighted by Crippen LogP contribution is 2.39. The minimum atomic E-state index is -0.327. The maximum absolute atomic E-state index is 13.6. The molecule has 2 N–H and O–H groups in total. The summed E-state index contributed by atoms with van der Waals surface area (Å²) in [5, 5.41) is 0. The fourth-order valence-electron chi connectivity index (χ4n) is 2.50. The zero-order chi connectivity index (χ0) is 14.1. The second-order valence-corrected chi connectivity index (χ2v) is 5.45. The molecule has 4 heteroatoms. The van der Waals surface area contributed by atoms with Crippen LogP contribution in [0.5, 0.6) is 5.75 Å². The number of nitrogens with zero attached hydrogens (tertiary/aromatic N) is 1. The van der Waals surface area contributed by atoms with E-state index in [2.05, 4.69) is 12.3 Å². The lowest BCUT2D eigenvalue weighted by Gasteiger charge is -2.08. The van der Waals surface area contributed by atoms with Gasteiger partial charge in [0.15, 0.2) is 11.6 Å². The van der Waals surface area contributed by atoms with Crippen LogP contribution in [0.15, 0.2) is 36.7 Å². The predicted octanol–water partition coefficient (Wildman–Crippen LogP) is 3.09. The van der Waals surface area contributed by atoms with Crippen LogP contribution in [0.3, 0.4) is 0 Å². The second-order valence-electron chi connectivity index (χ2n) is 5.45. The molecule has 1 unspecified atom stereocenters. The van der Waals surface area contributed by atoms with Gasteiger partial charge in [0.1, 0.15) is 0 Å². The molecule has 0 radical (unpaired) electrons. The van der Waals surface area contributed by atoms with Gasteiger partial charge in [-0.05, 0) is 48.1 Å². The average Bonchev–Trinajstić information content (AvgIpc) is 3.19. The Hall–Kier alpha value is -1.81. The summed E-state index contributed by atoms with van der Waals surface area (Å²) in [6.45, 7) is 0.637. The summed E-state index contributed by atoms with van der Waals surface area (Å²) >= 11 is 0. The van der Waals surface area contributed by atoms with Crippen molar-refractivity contribution in [2.24, 2.45) is 11.7 Å². The molecule has 2 aromatic rings. The topological polar surface area (TPSA) is 40.2 Å². The van der Waals surface area contributed by atoms with Gasteiger partial charge < -0.3 is 15.0 Å². The molecule has 1 aromatic heterocycles. The Bertz CT molecular complexity index is 604. The first-order chi connectivity index (χ1) is 9.67. The van der Waals surface area contributed by atoms with Gasteiger partial charge >= 0.3 is 0 Å². The number of halogens is 1. The predicted molar refractivity (Wildman–Crippen MR) is 76.1 cm³/mol. The van der Waals surface area contributed by atoms with Crippen molar-refractivity contribution in [3.8, 4) is 5.75 Å². The highest BCUT2D eigenvalue weighted by Gasteiger charge is 2.29. The van der Waals surface area contributed by atoms with Crippen molar-refractivity contribution < 1.29 is 9.13 Å². The lowest BCUT2D eigenvalue weighted by molar-refractivity contribution is 0.386. The van der Waals surface area contributed by atoms with Crippen LogP contribution < -0.4 is 10.5 Å². The minimum absolute atomic E-state index is 0.142. The van der Waals surface area contributed by atoms with Crippen LogP contribution in [0.25, 0.3) is 0 Å². The molecule has 0 aliphatic heterocycles. The van der Waals surface area contributed by atoms with E-state index in [0.717, 1.165) is 5.56 Å². The highest BCUT2D eigenvalue weighted by molar-refractivity contribution is 5.30. The number of hydrogen-bond donors (Lipinski definition) is 1. The molecule has 0 amide bonds. The summed E-state index contributed by atoms with van der Waals surface area (Å²) in [5.41, 5.74) is 8.25. The molecule has 1 aliphatic carbocycles. The summed E-state index contributed by atoms with van der Waals surface area (Å²) in [4.78, 5) is 0. The Morgan fingerprint density at radius 1 is 1.40 bits per heavy atom. The Balaban J connectivity index is 1.72. The maximum Gasteiger partial charge on any atom is 0.165 e. The van der Waals surface area contributed by atoms with Gasteiger partial charge in [-0.2, -0.15) is 0 Å². The fraction of sp³-hybridized carbons (Fsp3) is 0.375. The molecule has 1 fully saturated rings. The van der Waals surface area contributed by atoms with Gasteiger partial charge in [-0.1, -0.05) is 6.07 Å². The Kier molecular flexibility index (Phi) is 3.49. The largest absolute Gasteiger partial charge is 0.494 e. The third-order valence-corrected chi connectivity index (χ3v) is 3.87. The molecule has 1 saturated carbocycles. The lowest BCUT2D eigenvalue weighted by Crippen LogP contribution is -2.11. The first-order valence-corrected chi connectivity index (χ1v) is 6.91. The van der Waals surface area contributed by atoms with E-state index in [9.17, 15) is 4.39 Å². The monoisotopic (exact) mass is 274 g/mol. The number of methoxy groups -OCH3 is 1. The minimum Gasteiger partial charge on any atom is -0.494 e. The molecule has 106 valence electrons. The summed E-state index contributed by atoms with van der Waals surface area (Å²) in [7, 11) is 1.47. The van der Waals surface area contributed by atoms with Crippen LogP contribution in [-0.4, -0.2) is 11.7 Å². The number of benzene rings is 1. The van der Waals surface area contributed by atoms with Crippen LogP contribution in [0.1, 0.15) is 30.0 Å². The van der Waals surface area contributed by atoms with E-state index < -0.39 is 0 Å². The molecule has 1 heterocycles. The molecule has 3 rings (SSSR count). The van der Waals surface area contributed by atoms with E-state index >= 15 is 0 Å². The SMILES string of the molecule is COc1ccc(Cn2ccc(C(N)C3CC3)c2)cc1F. The van der Waals surface area contributed by atoms with Gasteiger partial charge in [0, 0.05) is 25.0 Å².